The van der Waals surface area contributed by atoms with Gasteiger partial charge in [0.25, 0.3) is 5.91 Å². The van der Waals surface area contributed by atoms with Crippen LogP contribution in [-0.4, -0.2) is 28.6 Å². The van der Waals surface area contributed by atoms with E-state index >= 15 is 0 Å². The topological polar surface area (TPSA) is 75.4 Å². The number of oxazole rings is 1. The molecule has 23 heavy (non-hydrogen) atoms. The maximum atomic E-state index is 12.4. The first-order chi connectivity index (χ1) is 11.2. The Kier molecular flexibility index (Phi) is 4.76. The van der Waals surface area contributed by atoms with Crippen molar-refractivity contribution in [3.63, 3.8) is 0 Å². The third-order valence-corrected chi connectivity index (χ3v) is 4.07. The van der Waals surface area contributed by atoms with Gasteiger partial charge in [-0.1, -0.05) is 25.1 Å². The van der Waals surface area contributed by atoms with Crippen LogP contribution in [0.3, 0.4) is 0 Å². The van der Waals surface area contributed by atoms with Gasteiger partial charge >= 0.3 is 0 Å². The van der Waals surface area contributed by atoms with Crippen LogP contribution in [0.5, 0.6) is 0 Å². The fraction of sp³-hybridized carbons (Fsp3) is 0.444. The maximum absolute atomic E-state index is 12.4. The van der Waals surface area contributed by atoms with E-state index in [0.29, 0.717) is 42.6 Å². The Hall–Kier alpha value is -2.14. The largest absolute Gasteiger partial charge is 0.440 e. The Labute approximate surface area is 135 Å². The van der Waals surface area contributed by atoms with Crippen LogP contribution in [0.1, 0.15) is 54.8 Å². The summed E-state index contributed by atoms with van der Waals surface area (Å²) >= 11 is 0. The van der Waals surface area contributed by atoms with Crippen LogP contribution in [0.15, 0.2) is 34.7 Å². The van der Waals surface area contributed by atoms with Crippen LogP contribution in [0, 0.1) is 0 Å². The van der Waals surface area contributed by atoms with Gasteiger partial charge in [0.2, 0.25) is 5.89 Å². The van der Waals surface area contributed by atoms with E-state index in [-0.39, 0.29) is 12.0 Å². The number of benzene rings is 1. The average molecular weight is 314 g/mol. The average Bonchev–Trinajstić information content (AvgIpc) is 3.33. The van der Waals surface area contributed by atoms with Crippen molar-refractivity contribution in [2.45, 2.75) is 44.6 Å². The SMILES string of the molecule is CCC(O)CCNC(=O)c1nc(-c2ccccc2)oc1C1CC1. The van der Waals surface area contributed by atoms with E-state index in [1.807, 2.05) is 37.3 Å². The fourth-order valence-corrected chi connectivity index (χ4v) is 2.46. The second kappa shape index (κ2) is 6.96. The van der Waals surface area contributed by atoms with Gasteiger partial charge in [-0.15, -0.1) is 0 Å². The summed E-state index contributed by atoms with van der Waals surface area (Å²) in [6.45, 7) is 2.35. The molecule has 1 aromatic heterocycles. The first-order valence-corrected chi connectivity index (χ1v) is 8.21. The molecule has 0 aliphatic heterocycles. The number of aliphatic hydroxyl groups excluding tert-OH is 1. The zero-order valence-corrected chi connectivity index (χ0v) is 13.3. The van der Waals surface area contributed by atoms with Crippen LogP contribution < -0.4 is 5.32 Å². The molecule has 0 radical (unpaired) electrons. The predicted molar refractivity (Wildman–Crippen MR) is 87.2 cm³/mol. The van der Waals surface area contributed by atoms with Crippen molar-refractivity contribution in [2.24, 2.45) is 0 Å². The Morgan fingerprint density at radius 2 is 2.13 bits per heavy atom. The molecular weight excluding hydrogens is 292 g/mol. The molecule has 1 amide bonds. The molecule has 1 saturated carbocycles. The van der Waals surface area contributed by atoms with E-state index in [0.717, 1.165) is 18.4 Å². The van der Waals surface area contributed by atoms with E-state index in [4.69, 9.17) is 4.42 Å². The van der Waals surface area contributed by atoms with Crippen LogP contribution in [-0.2, 0) is 0 Å². The Bertz CT molecular complexity index is 662. The van der Waals surface area contributed by atoms with Gasteiger partial charge in [-0.3, -0.25) is 4.79 Å². The molecule has 1 heterocycles. The summed E-state index contributed by atoms with van der Waals surface area (Å²) in [7, 11) is 0. The molecule has 122 valence electrons. The highest BCUT2D eigenvalue weighted by molar-refractivity contribution is 5.94. The van der Waals surface area contributed by atoms with Gasteiger partial charge in [0.05, 0.1) is 6.10 Å². The number of nitrogens with zero attached hydrogens (tertiary/aromatic N) is 1. The molecule has 0 saturated heterocycles. The summed E-state index contributed by atoms with van der Waals surface area (Å²) < 4.78 is 5.87. The Balaban J connectivity index is 1.75. The molecule has 0 bridgehead atoms. The first kappa shape index (κ1) is 15.7. The summed E-state index contributed by atoms with van der Waals surface area (Å²) in [5.41, 5.74) is 1.26. The molecule has 3 rings (SSSR count). The fourth-order valence-electron chi connectivity index (χ4n) is 2.46. The molecule has 2 aromatic rings. The number of rotatable bonds is 7. The predicted octanol–water partition coefficient (Wildman–Crippen LogP) is 3.11. The molecule has 1 aliphatic carbocycles. The second-order valence-corrected chi connectivity index (χ2v) is 5.98. The summed E-state index contributed by atoms with van der Waals surface area (Å²) in [5.74, 6) is 1.27. The minimum Gasteiger partial charge on any atom is -0.440 e. The number of nitrogens with one attached hydrogen (secondary N) is 1. The van der Waals surface area contributed by atoms with E-state index in [9.17, 15) is 9.90 Å². The second-order valence-electron chi connectivity index (χ2n) is 5.98. The molecule has 1 unspecified atom stereocenters. The lowest BCUT2D eigenvalue weighted by Crippen LogP contribution is -2.28. The van der Waals surface area contributed by atoms with Crippen LogP contribution in [0.2, 0.25) is 0 Å². The number of carbonyl (C=O) groups excluding carboxylic acids is 1. The lowest BCUT2D eigenvalue weighted by Gasteiger charge is -2.08. The third kappa shape index (κ3) is 3.79. The van der Waals surface area contributed by atoms with Crippen molar-refractivity contribution in [3.8, 4) is 11.5 Å². The summed E-state index contributed by atoms with van der Waals surface area (Å²) in [4.78, 5) is 16.8. The standard InChI is InChI=1S/C18H22N2O3/c1-2-14(21)10-11-19-17(22)15-16(12-8-9-12)23-18(20-15)13-6-4-3-5-7-13/h3-7,12,14,21H,2,8-11H2,1H3,(H,19,22). The first-order valence-electron chi connectivity index (χ1n) is 8.21. The van der Waals surface area contributed by atoms with Gasteiger partial charge in [-0.05, 0) is 37.8 Å². The van der Waals surface area contributed by atoms with E-state index in [1.165, 1.54) is 0 Å². The smallest absolute Gasteiger partial charge is 0.273 e. The highest BCUT2D eigenvalue weighted by atomic mass is 16.4. The number of aliphatic hydroxyl groups is 1. The molecule has 5 heteroatoms. The minimum atomic E-state index is -0.379. The quantitative estimate of drug-likeness (QED) is 0.823. The Morgan fingerprint density at radius 1 is 1.39 bits per heavy atom. The van der Waals surface area contributed by atoms with Gasteiger partial charge in [-0.2, -0.15) is 0 Å². The van der Waals surface area contributed by atoms with Crippen molar-refractivity contribution >= 4 is 5.91 Å². The lowest BCUT2D eigenvalue weighted by atomic mass is 10.2. The van der Waals surface area contributed by atoms with Crippen molar-refractivity contribution in [1.82, 2.24) is 10.3 Å². The highest BCUT2D eigenvalue weighted by Gasteiger charge is 2.34. The number of hydrogen-bond donors (Lipinski definition) is 2. The zero-order chi connectivity index (χ0) is 16.2. The molecule has 2 N–H and O–H groups in total. The molecular formula is C18H22N2O3. The van der Waals surface area contributed by atoms with Crippen molar-refractivity contribution in [2.75, 3.05) is 6.54 Å². The van der Waals surface area contributed by atoms with Gasteiger partial charge < -0.3 is 14.8 Å². The number of carbonyl (C=O) groups is 1. The van der Waals surface area contributed by atoms with Crippen LogP contribution >= 0.6 is 0 Å². The van der Waals surface area contributed by atoms with Gasteiger partial charge in [-0.25, -0.2) is 4.98 Å². The monoisotopic (exact) mass is 314 g/mol. The maximum Gasteiger partial charge on any atom is 0.273 e. The van der Waals surface area contributed by atoms with Crippen LogP contribution in [0.4, 0.5) is 0 Å². The molecule has 1 atom stereocenters. The molecule has 1 fully saturated rings. The minimum absolute atomic E-state index is 0.221. The molecule has 1 aliphatic rings. The van der Waals surface area contributed by atoms with Gasteiger partial charge in [0.1, 0.15) is 5.76 Å². The van der Waals surface area contributed by atoms with Gasteiger partial charge in [0.15, 0.2) is 5.69 Å². The lowest BCUT2D eigenvalue weighted by molar-refractivity contribution is 0.0935. The van der Waals surface area contributed by atoms with Crippen molar-refractivity contribution < 1.29 is 14.3 Å². The number of aromatic nitrogens is 1. The third-order valence-electron chi connectivity index (χ3n) is 4.07. The van der Waals surface area contributed by atoms with E-state index < -0.39 is 0 Å². The molecule has 1 aromatic carbocycles. The van der Waals surface area contributed by atoms with Crippen molar-refractivity contribution in [1.29, 1.82) is 0 Å². The normalized spacial score (nSPS) is 15.4. The zero-order valence-electron chi connectivity index (χ0n) is 13.3. The Morgan fingerprint density at radius 3 is 2.78 bits per heavy atom. The number of amides is 1. The molecule has 5 nitrogen and oxygen atoms in total. The van der Waals surface area contributed by atoms with Crippen molar-refractivity contribution in [3.05, 3.63) is 41.8 Å². The van der Waals surface area contributed by atoms with Crippen LogP contribution in [0.25, 0.3) is 11.5 Å². The van der Waals surface area contributed by atoms with E-state index in [2.05, 4.69) is 10.3 Å². The van der Waals surface area contributed by atoms with Gasteiger partial charge in [0, 0.05) is 18.0 Å². The number of hydrogen-bond acceptors (Lipinski definition) is 4. The summed E-state index contributed by atoms with van der Waals surface area (Å²) in [6.07, 6.45) is 2.93. The molecule has 0 spiro atoms. The highest BCUT2D eigenvalue weighted by Crippen LogP contribution is 2.43. The summed E-state index contributed by atoms with van der Waals surface area (Å²) in [6, 6.07) is 9.61. The van der Waals surface area contributed by atoms with E-state index in [1.54, 1.807) is 0 Å². The summed E-state index contributed by atoms with van der Waals surface area (Å²) in [5, 5.41) is 12.4.